The molecule has 0 aromatic carbocycles. The summed E-state index contributed by atoms with van der Waals surface area (Å²) in [6.07, 6.45) is 1.73. The summed E-state index contributed by atoms with van der Waals surface area (Å²) < 4.78 is 0. The first kappa shape index (κ1) is 12.0. The summed E-state index contributed by atoms with van der Waals surface area (Å²) in [5.74, 6) is -0.746. The Bertz CT molecular complexity index is 657. The molecule has 0 aliphatic heterocycles. The van der Waals surface area contributed by atoms with Crippen molar-refractivity contribution in [1.29, 1.82) is 0 Å². The second-order valence-electron chi connectivity index (χ2n) is 4.14. The number of hydrogen-bond acceptors (Lipinski definition) is 3. The van der Waals surface area contributed by atoms with Gasteiger partial charge in [0.1, 0.15) is 5.56 Å². The minimum absolute atomic E-state index is 0.0574. The number of pyridine rings is 2. The number of carbonyl (C=O) groups excluding carboxylic acids is 1. The summed E-state index contributed by atoms with van der Waals surface area (Å²) in [4.78, 5) is 29.6. The maximum absolute atomic E-state index is 11.5. The molecule has 2 heterocycles. The highest BCUT2D eigenvalue weighted by Crippen LogP contribution is 2.19. The molecule has 2 rings (SSSR count). The van der Waals surface area contributed by atoms with E-state index in [1.807, 2.05) is 19.1 Å². The number of primary amides is 1. The third kappa shape index (κ3) is 2.15. The van der Waals surface area contributed by atoms with E-state index in [0.29, 0.717) is 17.0 Å². The molecule has 0 spiro atoms. The van der Waals surface area contributed by atoms with Gasteiger partial charge < -0.3 is 10.7 Å². The van der Waals surface area contributed by atoms with Gasteiger partial charge in [0.05, 0.1) is 5.69 Å². The van der Waals surface area contributed by atoms with Gasteiger partial charge in [-0.15, -0.1) is 0 Å². The van der Waals surface area contributed by atoms with Crippen molar-refractivity contribution in [2.75, 3.05) is 0 Å². The molecule has 0 radical (unpaired) electrons. The molecule has 18 heavy (non-hydrogen) atoms. The molecule has 0 aliphatic rings. The molecule has 5 heteroatoms. The largest absolute Gasteiger partial charge is 0.365 e. The van der Waals surface area contributed by atoms with E-state index < -0.39 is 11.5 Å². The van der Waals surface area contributed by atoms with Crippen molar-refractivity contribution >= 4 is 5.91 Å². The fourth-order valence-corrected chi connectivity index (χ4v) is 1.70. The first-order valence-electron chi connectivity index (χ1n) is 5.46. The summed E-state index contributed by atoms with van der Waals surface area (Å²) >= 11 is 0. The molecule has 0 aliphatic carbocycles. The number of aromatic nitrogens is 2. The molecule has 0 unspecified atom stereocenters. The Morgan fingerprint density at radius 2 is 2.06 bits per heavy atom. The molecule has 0 saturated carbocycles. The SMILES string of the molecule is Cc1ccc(-c2cc(C(N)=O)c(=O)[nH]c2C)nc1. The van der Waals surface area contributed by atoms with Gasteiger partial charge in [-0.1, -0.05) is 6.07 Å². The molecular weight excluding hydrogens is 230 g/mol. The van der Waals surface area contributed by atoms with Crippen LogP contribution < -0.4 is 11.3 Å². The van der Waals surface area contributed by atoms with E-state index in [1.165, 1.54) is 6.07 Å². The van der Waals surface area contributed by atoms with Gasteiger partial charge in [0.2, 0.25) is 0 Å². The van der Waals surface area contributed by atoms with Gasteiger partial charge >= 0.3 is 0 Å². The number of H-pyrrole nitrogens is 1. The number of hydrogen-bond donors (Lipinski definition) is 2. The Kier molecular flexibility index (Phi) is 2.97. The van der Waals surface area contributed by atoms with Gasteiger partial charge in [-0.2, -0.15) is 0 Å². The van der Waals surface area contributed by atoms with Gasteiger partial charge in [-0.05, 0) is 31.5 Å². The van der Waals surface area contributed by atoms with Crippen LogP contribution in [0.25, 0.3) is 11.3 Å². The van der Waals surface area contributed by atoms with Crippen LogP contribution in [0.1, 0.15) is 21.6 Å². The van der Waals surface area contributed by atoms with Crippen LogP contribution in [0, 0.1) is 13.8 Å². The molecule has 92 valence electrons. The standard InChI is InChI=1S/C13H13N3O2/c1-7-3-4-11(15-6-7)9-5-10(12(14)17)13(18)16-8(9)2/h3-6H,1-2H3,(H2,14,17)(H,16,18). The summed E-state index contributed by atoms with van der Waals surface area (Å²) in [7, 11) is 0. The van der Waals surface area contributed by atoms with Gasteiger partial charge in [0, 0.05) is 17.5 Å². The van der Waals surface area contributed by atoms with Gasteiger partial charge in [0.15, 0.2) is 0 Å². The number of rotatable bonds is 2. The highest BCUT2D eigenvalue weighted by atomic mass is 16.2. The van der Waals surface area contributed by atoms with Crippen LogP contribution in [0.2, 0.25) is 0 Å². The van der Waals surface area contributed by atoms with Gasteiger partial charge in [-0.3, -0.25) is 14.6 Å². The molecule has 0 bridgehead atoms. The normalized spacial score (nSPS) is 10.3. The zero-order valence-electron chi connectivity index (χ0n) is 10.2. The minimum atomic E-state index is -0.746. The molecule has 5 nitrogen and oxygen atoms in total. The second-order valence-corrected chi connectivity index (χ2v) is 4.14. The number of amides is 1. The summed E-state index contributed by atoms with van der Waals surface area (Å²) in [6, 6.07) is 5.23. The van der Waals surface area contributed by atoms with Crippen molar-refractivity contribution in [3.05, 3.63) is 51.6 Å². The Morgan fingerprint density at radius 1 is 1.33 bits per heavy atom. The fourth-order valence-electron chi connectivity index (χ4n) is 1.70. The molecule has 0 saturated heterocycles. The monoisotopic (exact) mass is 243 g/mol. The fraction of sp³-hybridized carbons (Fsp3) is 0.154. The number of nitrogens with one attached hydrogen (secondary N) is 1. The second kappa shape index (κ2) is 4.44. The van der Waals surface area contributed by atoms with Crippen molar-refractivity contribution < 1.29 is 4.79 Å². The first-order chi connectivity index (χ1) is 8.49. The minimum Gasteiger partial charge on any atom is -0.365 e. The molecule has 1 amide bonds. The van der Waals surface area contributed by atoms with E-state index in [4.69, 9.17) is 5.73 Å². The van der Waals surface area contributed by atoms with E-state index in [-0.39, 0.29) is 5.56 Å². The van der Waals surface area contributed by atoms with Crippen LogP contribution in [0.5, 0.6) is 0 Å². The van der Waals surface area contributed by atoms with Crippen LogP contribution in [-0.2, 0) is 0 Å². The van der Waals surface area contributed by atoms with E-state index >= 15 is 0 Å². The third-order valence-corrected chi connectivity index (χ3v) is 2.69. The topological polar surface area (TPSA) is 88.8 Å². The molecule has 3 N–H and O–H groups in total. The van der Waals surface area contributed by atoms with Crippen molar-refractivity contribution in [3.8, 4) is 11.3 Å². The quantitative estimate of drug-likeness (QED) is 0.829. The van der Waals surface area contributed by atoms with Crippen LogP contribution in [-0.4, -0.2) is 15.9 Å². The van der Waals surface area contributed by atoms with E-state index in [9.17, 15) is 9.59 Å². The van der Waals surface area contributed by atoms with Crippen molar-refractivity contribution in [1.82, 2.24) is 9.97 Å². The first-order valence-corrected chi connectivity index (χ1v) is 5.46. The average Bonchev–Trinajstić information content (AvgIpc) is 2.30. The maximum Gasteiger partial charge on any atom is 0.261 e. The van der Waals surface area contributed by atoms with Crippen molar-refractivity contribution in [3.63, 3.8) is 0 Å². The van der Waals surface area contributed by atoms with Crippen molar-refractivity contribution in [2.45, 2.75) is 13.8 Å². The Balaban J connectivity index is 2.64. The summed E-state index contributed by atoms with van der Waals surface area (Å²) in [6.45, 7) is 3.69. The van der Waals surface area contributed by atoms with E-state index in [0.717, 1.165) is 5.56 Å². The highest BCUT2D eigenvalue weighted by Gasteiger charge is 2.12. The van der Waals surface area contributed by atoms with Gasteiger partial charge in [0.25, 0.3) is 11.5 Å². The van der Waals surface area contributed by atoms with Crippen LogP contribution >= 0.6 is 0 Å². The Labute approximate surface area is 104 Å². The van der Waals surface area contributed by atoms with E-state index in [2.05, 4.69) is 9.97 Å². The van der Waals surface area contributed by atoms with Crippen LogP contribution in [0.4, 0.5) is 0 Å². The lowest BCUT2D eigenvalue weighted by Crippen LogP contribution is -2.24. The van der Waals surface area contributed by atoms with Crippen LogP contribution in [0.15, 0.2) is 29.2 Å². The lowest BCUT2D eigenvalue weighted by Gasteiger charge is -2.06. The lowest BCUT2D eigenvalue weighted by molar-refractivity contribution is 0.0999. The third-order valence-electron chi connectivity index (χ3n) is 2.69. The predicted octanol–water partition coefficient (Wildman–Crippen LogP) is 1.15. The Morgan fingerprint density at radius 3 is 2.61 bits per heavy atom. The maximum atomic E-state index is 11.5. The number of nitrogens with two attached hydrogens (primary N) is 1. The average molecular weight is 243 g/mol. The lowest BCUT2D eigenvalue weighted by atomic mass is 10.1. The zero-order valence-corrected chi connectivity index (χ0v) is 10.2. The van der Waals surface area contributed by atoms with Gasteiger partial charge in [-0.25, -0.2) is 0 Å². The number of nitrogens with zero attached hydrogens (tertiary/aromatic N) is 1. The van der Waals surface area contributed by atoms with Crippen molar-refractivity contribution in [2.24, 2.45) is 5.73 Å². The summed E-state index contributed by atoms with van der Waals surface area (Å²) in [5, 5.41) is 0. The molecular formula is C13H13N3O2. The van der Waals surface area contributed by atoms with E-state index in [1.54, 1.807) is 13.1 Å². The zero-order chi connectivity index (χ0) is 13.3. The molecule has 2 aromatic heterocycles. The predicted molar refractivity (Wildman–Crippen MR) is 68.3 cm³/mol. The molecule has 0 fully saturated rings. The number of carbonyl (C=O) groups is 1. The van der Waals surface area contributed by atoms with Crippen LogP contribution in [0.3, 0.4) is 0 Å². The number of aryl methyl sites for hydroxylation is 2. The molecule has 0 atom stereocenters. The molecule has 2 aromatic rings. The highest BCUT2D eigenvalue weighted by molar-refractivity contribution is 5.93. The smallest absolute Gasteiger partial charge is 0.261 e. The Hall–Kier alpha value is -2.43. The number of aromatic amines is 1. The summed E-state index contributed by atoms with van der Waals surface area (Å²) in [5.41, 5.74) is 7.70.